The molecule has 1 fully saturated rings. The molecule has 1 aromatic carbocycles. The molecule has 0 amide bonds. The van der Waals surface area contributed by atoms with E-state index < -0.39 is 0 Å². The van der Waals surface area contributed by atoms with Crippen LogP contribution in [0.4, 0.5) is 0 Å². The van der Waals surface area contributed by atoms with Crippen LogP contribution in [0.5, 0.6) is 5.75 Å². The molecule has 6 heteroatoms. The third kappa shape index (κ3) is 5.08. The van der Waals surface area contributed by atoms with Crippen LogP contribution in [0.1, 0.15) is 11.6 Å². The van der Waals surface area contributed by atoms with E-state index in [0.29, 0.717) is 12.6 Å². The van der Waals surface area contributed by atoms with Crippen LogP contribution in [0.3, 0.4) is 0 Å². The molecular formula is C17H21Cl2N3O. The van der Waals surface area contributed by atoms with Gasteiger partial charge in [0.05, 0.1) is 0 Å². The summed E-state index contributed by atoms with van der Waals surface area (Å²) in [7, 11) is 0. The Morgan fingerprint density at radius 2 is 2.09 bits per heavy atom. The fourth-order valence-corrected chi connectivity index (χ4v) is 2.85. The molecule has 1 N–H and O–H groups in total. The molecular weight excluding hydrogens is 333 g/mol. The Hall–Kier alpha value is -1.33. The van der Waals surface area contributed by atoms with Crippen molar-refractivity contribution in [2.24, 2.45) is 0 Å². The topological polar surface area (TPSA) is 37.4 Å². The van der Waals surface area contributed by atoms with Gasteiger partial charge in [-0.25, -0.2) is 0 Å². The summed E-state index contributed by atoms with van der Waals surface area (Å²) in [6.45, 7) is 4.54. The highest BCUT2D eigenvalue weighted by Crippen LogP contribution is 2.21. The highest BCUT2D eigenvalue weighted by molar-refractivity contribution is 6.30. The summed E-state index contributed by atoms with van der Waals surface area (Å²) in [6.07, 6.45) is 3.76. The molecule has 0 spiro atoms. The van der Waals surface area contributed by atoms with Crippen molar-refractivity contribution in [2.45, 2.75) is 6.04 Å². The van der Waals surface area contributed by atoms with Crippen molar-refractivity contribution in [2.75, 3.05) is 32.8 Å². The van der Waals surface area contributed by atoms with Gasteiger partial charge in [-0.2, -0.15) is 0 Å². The molecule has 0 bridgehead atoms. The minimum atomic E-state index is 0. The molecule has 0 saturated carbocycles. The molecule has 1 aromatic heterocycles. The zero-order valence-corrected chi connectivity index (χ0v) is 14.4. The number of nitrogens with one attached hydrogen (secondary N) is 1. The molecule has 1 aliphatic rings. The maximum atomic E-state index is 5.88. The number of aromatic nitrogens is 1. The first-order valence-electron chi connectivity index (χ1n) is 7.56. The molecule has 2 heterocycles. The first-order chi connectivity index (χ1) is 10.8. The van der Waals surface area contributed by atoms with Crippen LogP contribution in [0, 0.1) is 0 Å². The lowest BCUT2D eigenvalue weighted by molar-refractivity contribution is 0.134. The first kappa shape index (κ1) is 18.0. The molecule has 1 saturated heterocycles. The SMILES string of the molecule is Cl.Clc1ccc(OCCN2CCNCC2c2cccnc2)cc1. The van der Waals surface area contributed by atoms with Crippen LogP contribution in [-0.4, -0.2) is 42.7 Å². The molecule has 0 aliphatic carbocycles. The van der Waals surface area contributed by atoms with E-state index in [2.05, 4.69) is 21.3 Å². The Morgan fingerprint density at radius 1 is 1.26 bits per heavy atom. The van der Waals surface area contributed by atoms with Crippen molar-refractivity contribution >= 4 is 24.0 Å². The third-order valence-electron chi connectivity index (χ3n) is 3.88. The Bertz CT molecular complexity index is 580. The van der Waals surface area contributed by atoms with Gasteiger partial charge in [-0.1, -0.05) is 17.7 Å². The molecule has 1 unspecified atom stereocenters. The van der Waals surface area contributed by atoms with E-state index in [-0.39, 0.29) is 12.4 Å². The standard InChI is InChI=1S/C17H20ClN3O.ClH/c18-15-3-5-16(6-4-15)22-11-10-21-9-8-20-13-17(21)14-2-1-7-19-12-14;/h1-7,12,17,20H,8-11,13H2;1H. The van der Waals surface area contributed by atoms with Gasteiger partial charge in [0, 0.05) is 49.6 Å². The molecule has 4 nitrogen and oxygen atoms in total. The number of ether oxygens (including phenoxy) is 1. The van der Waals surface area contributed by atoms with Gasteiger partial charge in [0.25, 0.3) is 0 Å². The normalized spacial score (nSPS) is 18.2. The molecule has 1 atom stereocenters. The van der Waals surface area contributed by atoms with E-state index in [4.69, 9.17) is 16.3 Å². The maximum Gasteiger partial charge on any atom is 0.119 e. The van der Waals surface area contributed by atoms with Crippen molar-refractivity contribution in [1.82, 2.24) is 15.2 Å². The quantitative estimate of drug-likeness (QED) is 0.895. The lowest BCUT2D eigenvalue weighted by atomic mass is 10.1. The second-order valence-corrected chi connectivity index (χ2v) is 5.78. The Morgan fingerprint density at radius 3 is 2.83 bits per heavy atom. The van der Waals surface area contributed by atoms with E-state index in [9.17, 15) is 0 Å². The van der Waals surface area contributed by atoms with E-state index in [0.717, 1.165) is 37.0 Å². The molecule has 124 valence electrons. The third-order valence-corrected chi connectivity index (χ3v) is 4.14. The number of rotatable bonds is 5. The average molecular weight is 354 g/mol. The average Bonchev–Trinajstić information content (AvgIpc) is 2.58. The van der Waals surface area contributed by atoms with Crippen LogP contribution in [0.25, 0.3) is 0 Å². The summed E-state index contributed by atoms with van der Waals surface area (Å²) in [5.41, 5.74) is 1.25. The maximum absolute atomic E-state index is 5.88. The monoisotopic (exact) mass is 353 g/mol. The number of piperazine rings is 1. The predicted octanol–water partition coefficient (Wildman–Crippen LogP) is 3.18. The molecule has 23 heavy (non-hydrogen) atoms. The second-order valence-electron chi connectivity index (χ2n) is 5.34. The Kier molecular flexibility index (Phi) is 7.12. The zero-order chi connectivity index (χ0) is 15.2. The zero-order valence-electron chi connectivity index (χ0n) is 12.8. The summed E-state index contributed by atoms with van der Waals surface area (Å²) in [6, 6.07) is 12.0. The fourth-order valence-electron chi connectivity index (χ4n) is 2.73. The summed E-state index contributed by atoms with van der Waals surface area (Å²) >= 11 is 5.88. The van der Waals surface area contributed by atoms with E-state index in [1.165, 1.54) is 5.56 Å². The lowest BCUT2D eigenvalue weighted by Crippen LogP contribution is -2.47. The number of pyridine rings is 1. The summed E-state index contributed by atoms with van der Waals surface area (Å²) in [5.74, 6) is 0.859. The van der Waals surface area contributed by atoms with Crippen molar-refractivity contribution in [1.29, 1.82) is 0 Å². The summed E-state index contributed by atoms with van der Waals surface area (Å²) in [5, 5.41) is 4.18. The number of halogens is 2. The van der Waals surface area contributed by atoms with Crippen LogP contribution in [0.2, 0.25) is 5.02 Å². The van der Waals surface area contributed by atoms with Gasteiger partial charge in [0.15, 0.2) is 0 Å². The van der Waals surface area contributed by atoms with Crippen LogP contribution >= 0.6 is 24.0 Å². The summed E-state index contributed by atoms with van der Waals surface area (Å²) < 4.78 is 5.81. The van der Waals surface area contributed by atoms with Gasteiger partial charge in [0.2, 0.25) is 0 Å². The number of hydrogen-bond donors (Lipinski definition) is 1. The minimum Gasteiger partial charge on any atom is -0.492 e. The second kappa shape index (κ2) is 9.08. The van der Waals surface area contributed by atoms with Crippen molar-refractivity contribution < 1.29 is 4.74 Å². The van der Waals surface area contributed by atoms with Gasteiger partial charge >= 0.3 is 0 Å². The molecule has 1 aliphatic heterocycles. The number of nitrogens with zero attached hydrogens (tertiary/aromatic N) is 2. The highest BCUT2D eigenvalue weighted by atomic mass is 35.5. The summed E-state index contributed by atoms with van der Waals surface area (Å²) in [4.78, 5) is 6.68. The smallest absolute Gasteiger partial charge is 0.119 e. The van der Waals surface area contributed by atoms with Gasteiger partial charge in [-0.15, -0.1) is 12.4 Å². The van der Waals surface area contributed by atoms with Crippen molar-refractivity contribution in [3.05, 3.63) is 59.4 Å². The Balaban J connectivity index is 0.00000192. The van der Waals surface area contributed by atoms with Crippen LogP contribution < -0.4 is 10.1 Å². The van der Waals surface area contributed by atoms with E-state index in [1.807, 2.05) is 42.7 Å². The number of benzene rings is 1. The van der Waals surface area contributed by atoms with Gasteiger partial charge in [0.1, 0.15) is 12.4 Å². The Labute approximate surface area is 148 Å². The fraction of sp³-hybridized carbons (Fsp3) is 0.353. The van der Waals surface area contributed by atoms with Gasteiger partial charge < -0.3 is 10.1 Å². The van der Waals surface area contributed by atoms with Crippen LogP contribution in [0.15, 0.2) is 48.8 Å². The van der Waals surface area contributed by atoms with E-state index in [1.54, 1.807) is 0 Å². The molecule has 0 radical (unpaired) electrons. The minimum absolute atomic E-state index is 0. The van der Waals surface area contributed by atoms with Crippen molar-refractivity contribution in [3.8, 4) is 5.75 Å². The van der Waals surface area contributed by atoms with Crippen molar-refractivity contribution in [3.63, 3.8) is 0 Å². The molecule has 3 rings (SSSR count). The molecule has 2 aromatic rings. The van der Waals surface area contributed by atoms with Crippen LogP contribution in [-0.2, 0) is 0 Å². The first-order valence-corrected chi connectivity index (χ1v) is 7.94. The highest BCUT2D eigenvalue weighted by Gasteiger charge is 2.23. The largest absolute Gasteiger partial charge is 0.492 e. The lowest BCUT2D eigenvalue weighted by Gasteiger charge is -2.36. The van der Waals surface area contributed by atoms with Gasteiger partial charge in [-0.05, 0) is 35.9 Å². The van der Waals surface area contributed by atoms with Gasteiger partial charge in [-0.3, -0.25) is 9.88 Å². The predicted molar refractivity (Wildman–Crippen MR) is 95.6 cm³/mol. The van der Waals surface area contributed by atoms with E-state index >= 15 is 0 Å². The number of hydrogen-bond acceptors (Lipinski definition) is 4.